The number of phenols is 1. The Morgan fingerprint density at radius 1 is 1.15 bits per heavy atom. The SMILES string of the molecule is COc1cc(-c2ccc(-c3ncc(N(C)[C@@H]4C[C@@H]5CCC[C@@H](N5)[C@@H]4F)nn3)c(O)c2)nnc1C. The molecule has 2 bridgehead atoms. The summed E-state index contributed by atoms with van der Waals surface area (Å²) in [5.74, 6) is 1.41. The van der Waals surface area contributed by atoms with Crippen molar-refractivity contribution in [3.05, 3.63) is 36.2 Å². The smallest absolute Gasteiger partial charge is 0.185 e. The highest BCUT2D eigenvalue weighted by Gasteiger charge is 2.42. The molecule has 2 N–H and O–H groups in total. The molecule has 0 unspecified atom stereocenters. The second-order valence-corrected chi connectivity index (χ2v) is 9.01. The molecule has 0 spiro atoms. The van der Waals surface area contributed by atoms with E-state index in [9.17, 15) is 5.11 Å². The number of ether oxygens (including phenoxy) is 1. The summed E-state index contributed by atoms with van der Waals surface area (Å²) >= 11 is 0. The molecule has 2 aliphatic heterocycles. The van der Waals surface area contributed by atoms with Crippen molar-refractivity contribution in [2.24, 2.45) is 0 Å². The number of rotatable bonds is 5. The highest BCUT2D eigenvalue weighted by Crippen LogP contribution is 2.34. The highest BCUT2D eigenvalue weighted by molar-refractivity contribution is 5.71. The molecule has 0 radical (unpaired) electrons. The van der Waals surface area contributed by atoms with Gasteiger partial charge in [0.15, 0.2) is 11.6 Å². The molecular formula is C24H28FN7O2. The predicted octanol–water partition coefficient (Wildman–Crippen LogP) is 3.08. The second kappa shape index (κ2) is 9.09. The lowest BCUT2D eigenvalue weighted by Crippen LogP contribution is -2.61. The van der Waals surface area contributed by atoms with Crippen molar-refractivity contribution in [3.63, 3.8) is 0 Å². The molecule has 10 heteroatoms. The topological polar surface area (TPSA) is 109 Å². The van der Waals surface area contributed by atoms with E-state index >= 15 is 4.39 Å². The number of piperidine rings is 2. The van der Waals surface area contributed by atoms with Crippen LogP contribution in [0.5, 0.6) is 11.5 Å². The van der Waals surface area contributed by atoms with Gasteiger partial charge in [-0.1, -0.05) is 12.5 Å². The van der Waals surface area contributed by atoms with Gasteiger partial charge >= 0.3 is 0 Å². The van der Waals surface area contributed by atoms with Crippen molar-refractivity contribution >= 4 is 5.82 Å². The van der Waals surface area contributed by atoms with Crippen molar-refractivity contribution < 1.29 is 14.2 Å². The average molecular weight is 466 g/mol. The van der Waals surface area contributed by atoms with Crippen LogP contribution in [0.4, 0.5) is 10.2 Å². The first-order valence-electron chi connectivity index (χ1n) is 11.5. The van der Waals surface area contributed by atoms with Crippen LogP contribution in [0.1, 0.15) is 31.4 Å². The molecule has 178 valence electrons. The summed E-state index contributed by atoms with van der Waals surface area (Å²) < 4.78 is 20.4. The van der Waals surface area contributed by atoms with Crippen molar-refractivity contribution in [3.8, 4) is 34.1 Å². The van der Waals surface area contributed by atoms with Gasteiger partial charge in [-0.05, 0) is 38.3 Å². The van der Waals surface area contributed by atoms with Crippen LogP contribution < -0.4 is 15.0 Å². The molecule has 3 aromatic rings. The summed E-state index contributed by atoms with van der Waals surface area (Å²) in [7, 11) is 3.41. The Hall–Kier alpha value is -3.40. The molecule has 0 saturated carbocycles. The number of nitrogens with one attached hydrogen (secondary N) is 1. The van der Waals surface area contributed by atoms with E-state index < -0.39 is 6.17 Å². The Bertz CT molecular complexity index is 1180. The van der Waals surface area contributed by atoms with E-state index in [1.807, 2.05) is 18.9 Å². The Morgan fingerprint density at radius 3 is 2.74 bits per heavy atom. The molecular weight excluding hydrogens is 437 g/mol. The summed E-state index contributed by atoms with van der Waals surface area (Å²) in [4.78, 5) is 6.24. The van der Waals surface area contributed by atoms with Crippen LogP contribution in [0.15, 0.2) is 30.5 Å². The first kappa shape index (κ1) is 22.4. The van der Waals surface area contributed by atoms with Gasteiger partial charge in [-0.25, -0.2) is 9.37 Å². The molecule has 34 heavy (non-hydrogen) atoms. The lowest BCUT2D eigenvalue weighted by atomic mass is 9.82. The zero-order valence-electron chi connectivity index (χ0n) is 19.4. The molecule has 5 rings (SSSR count). The van der Waals surface area contributed by atoms with E-state index in [0.29, 0.717) is 40.1 Å². The number of methoxy groups -OCH3 is 1. The zero-order chi connectivity index (χ0) is 23.8. The molecule has 2 aromatic heterocycles. The number of anilines is 1. The largest absolute Gasteiger partial charge is 0.507 e. The highest BCUT2D eigenvalue weighted by atomic mass is 19.1. The lowest BCUT2D eigenvalue weighted by Gasteiger charge is -2.45. The average Bonchev–Trinajstić information content (AvgIpc) is 2.86. The van der Waals surface area contributed by atoms with E-state index in [-0.39, 0.29) is 23.7 Å². The van der Waals surface area contributed by atoms with Gasteiger partial charge < -0.3 is 20.1 Å². The third-order valence-corrected chi connectivity index (χ3v) is 6.89. The normalized spacial score (nSPS) is 24.0. The summed E-state index contributed by atoms with van der Waals surface area (Å²) in [5, 5.41) is 30.8. The van der Waals surface area contributed by atoms with Crippen molar-refractivity contribution in [2.45, 2.75) is 56.9 Å². The second-order valence-electron chi connectivity index (χ2n) is 9.01. The lowest BCUT2D eigenvalue weighted by molar-refractivity contribution is 0.107. The van der Waals surface area contributed by atoms with E-state index in [2.05, 4.69) is 30.7 Å². The summed E-state index contributed by atoms with van der Waals surface area (Å²) in [5.41, 5.74) is 2.38. The molecule has 9 nitrogen and oxygen atoms in total. The van der Waals surface area contributed by atoms with Gasteiger partial charge in [0.2, 0.25) is 0 Å². The molecule has 1 aromatic carbocycles. The summed E-state index contributed by atoms with van der Waals surface area (Å²) in [6, 6.07) is 6.84. The number of hydrogen-bond donors (Lipinski definition) is 2. The minimum absolute atomic E-state index is 0.00301. The maximum absolute atomic E-state index is 15.1. The standard InChI is InChI=1S/C24H28FN7O2/c1-13-21(34-3)11-18(29-28-13)14-7-8-16(20(33)9-14)24-26-12-22(30-31-24)32(2)19-10-15-5-4-6-17(27-15)23(19)25/h7-9,11-12,15,17,19,23,27,33H,4-6,10H2,1-3H3/t15-,17+,19+,23-/m0/s1. The fourth-order valence-electron chi connectivity index (χ4n) is 4.94. The molecule has 2 saturated heterocycles. The van der Waals surface area contributed by atoms with Gasteiger partial charge in [0.05, 0.1) is 30.6 Å². The number of fused-ring (bicyclic) bond motifs is 2. The molecule has 2 fully saturated rings. The third-order valence-electron chi connectivity index (χ3n) is 6.89. The number of nitrogens with zero attached hydrogens (tertiary/aromatic N) is 6. The number of phenolic OH excluding ortho intramolecular Hbond substituents is 1. The van der Waals surface area contributed by atoms with Crippen LogP contribution in [0, 0.1) is 6.92 Å². The minimum atomic E-state index is -0.969. The van der Waals surface area contributed by atoms with Crippen LogP contribution in [-0.4, -0.2) is 68.9 Å². The maximum atomic E-state index is 15.1. The molecule has 2 aliphatic rings. The molecule has 4 atom stereocenters. The molecule has 0 aliphatic carbocycles. The van der Waals surface area contributed by atoms with Crippen LogP contribution >= 0.6 is 0 Å². The fourth-order valence-corrected chi connectivity index (χ4v) is 4.94. The Labute approximate surface area is 197 Å². The van der Waals surface area contributed by atoms with E-state index in [4.69, 9.17) is 4.74 Å². The minimum Gasteiger partial charge on any atom is -0.507 e. The van der Waals surface area contributed by atoms with Crippen molar-refractivity contribution in [2.75, 3.05) is 19.1 Å². The number of halogens is 1. The van der Waals surface area contributed by atoms with Crippen LogP contribution in [0.3, 0.4) is 0 Å². The maximum Gasteiger partial charge on any atom is 0.185 e. The Kier molecular flexibility index (Phi) is 5.99. The van der Waals surface area contributed by atoms with Crippen LogP contribution in [0.25, 0.3) is 22.6 Å². The van der Waals surface area contributed by atoms with Gasteiger partial charge in [-0.3, -0.25) is 0 Å². The monoisotopic (exact) mass is 465 g/mol. The van der Waals surface area contributed by atoms with Gasteiger partial charge in [-0.15, -0.1) is 15.3 Å². The fraction of sp³-hybridized carbons (Fsp3) is 0.458. The number of alkyl halides is 1. The number of aromatic nitrogens is 5. The van der Waals surface area contributed by atoms with Gasteiger partial charge in [0, 0.05) is 30.8 Å². The van der Waals surface area contributed by atoms with Gasteiger partial charge in [0.25, 0.3) is 0 Å². The van der Waals surface area contributed by atoms with Gasteiger partial charge in [-0.2, -0.15) is 5.10 Å². The van der Waals surface area contributed by atoms with Gasteiger partial charge in [0.1, 0.15) is 23.4 Å². The number of benzene rings is 1. The summed E-state index contributed by atoms with van der Waals surface area (Å²) in [6.45, 7) is 1.81. The number of hydrogen-bond acceptors (Lipinski definition) is 9. The van der Waals surface area contributed by atoms with E-state index in [0.717, 1.165) is 25.7 Å². The summed E-state index contributed by atoms with van der Waals surface area (Å²) in [6.07, 6.45) is 4.35. The van der Waals surface area contributed by atoms with E-state index in [1.165, 1.54) is 0 Å². The van der Waals surface area contributed by atoms with Crippen LogP contribution in [0.2, 0.25) is 0 Å². The first-order chi connectivity index (χ1) is 16.4. The van der Waals surface area contributed by atoms with Crippen molar-refractivity contribution in [1.82, 2.24) is 30.7 Å². The number of aryl methyl sites for hydroxylation is 1. The Morgan fingerprint density at radius 2 is 2.00 bits per heavy atom. The first-order valence-corrected chi connectivity index (χ1v) is 11.5. The quantitative estimate of drug-likeness (QED) is 0.587. The third kappa shape index (κ3) is 4.13. The number of aromatic hydroxyl groups is 1. The molecule has 4 heterocycles. The molecule has 0 amide bonds. The zero-order valence-corrected chi connectivity index (χ0v) is 19.4. The van der Waals surface area contributed by atoms with Crippen molar-refractivity contribution in [1.29, 1.82) is 0 Å². The van der Waals surface area contributed by atoms with Crippen LogP contribution in [-0.2, 0) is 0 Å². The predicted molar refractivity (Wildman–Crippen MR) is 126 cm³/mol. The Balaban J connectivity index is 1.35. The van der Waals surface area contributed by atoms with E-state index in [1.54, 1.807) is 37.6 Å².